The van der Waals surface area contributed by atoms with Gasteiger partial charge in [-0.3, -0.25) is 4.79 Å². The first-order valence-corrected chi connectivity index (χ1v) is 10.8. The molecule has 2 N–H and O–H groups in total. The molecular formula is C25H28Cl2O9. The highest BCUT2D eigenvalue weighted by Gasteiger charge is 2.24. The molecule has 0 bridgehead atoms. The molecule has 0 saturated heterocycles. The fraction of sp³-hybridized carbons (Fsp3) is 0.320. The number of carboxylic acids is 2. The Morgan fingerprint density at radius 3 is 1.31 bits per heavy atom. The molecule has 0 unspecified atom stereocenters. The van der Waals surface area contributed by atoms with E-state index in [0.29, 0.717) is 12.8 Å². The lowest BCUT2D eigenvalue weighted by Gasteiger charge is -2.11. The highest BCUT2D eigenvalue weighted by Crippen LogP contribution is 2.20. The Labute approximate surface area is 220 Å². The van der Waals surface area contributed by atoms with Crippen LogP contribution in [0.4, 0.5) is 0 Å². The lowest BCUT2D eigenvalue weighted by atomic mass is 9.95. The van der Waals surface area contributed by atoms with E-state index in [2.05, 4.69) is 0 Å². The fourth-order valence-electron chi connectivity index (χ4n) is 3.02. The molecule has 2 aromatic carbocycles. The zero-order chi connectivity index (χ0) is 25.3. The van der Waals surface area contributed by atoms with Crippen molar-refractivity contribution in [2.24, 2.45) is 0 Å². The van der Waals surface area contributed by atoms with E-state index in [1.165, 1.54) is 12.1 Å². The number of carbonyl (C=O) groups excluding carboxylic acids is 3. The van der Waals surface area contributed by atoms with Crippen LogP contribution in [-0.4, -0.2) is 53.1 Å². The highest BCUT2D eigenvalue weighted by atomic mass is 35.5. The van der Waals surface area contributed by atoms with Gasteiger partial charge < -0.3 is 19.7 Å². The number of ketones is 1. The van der Waals surface area contributed by atoms with Crippen LogP contribution >= 0.6 is 24.8 Å². The van der Waals surface area contributed by atoms with Crippen LogP contribution < -0.4 is 0 Å². The average Bonchev–Trinajstić information content (AvgIpc) is 2.82. The second-order valence-electron chi connectivity index (χ2n) is 7.44. The first-order chi connectivity index (χ1) is 16.2. The van der Waals surface area contributed by atoms with E-state index in [4.69, 9.17) is 9.47 Å². The number of unbranched alkanes of at least 4 members (excludes halogenated alkanes) is 2. The smallest absolute Gasteiger partial charge is 0.339 e. The lowest BCUT2D eigenvalue weighted by molar-refractivity contribution is 0.0484. The summed E-state index contributed by atoms with van der Waals surface area (Å²) in [5.74, 6) is -5.10. The van der Waals surface area contributed by atoms with Crippen LogP contribution in [0.1, 0.15) is 96.9 Å². The van der Waals surface area contributed by atoms with Crippen molar-refractivity contribution in [3.8, 4) is 0 Å². The summed E-state index contributed by atoms with van der Waals surface area (Å²) in [7, 11) is 0. The van der Waals surface area contributed by atoms with Crippen molar-refractivity contribution in [3.63, 3.8) is 0 Å². The third-order valence-corrected chi connectivity index (χ3v) is 4.93. The van der Waals surface area contributed by atoms with Crippen molar-refractivity contribution in [3.05, 3.63) is 69.8 Å². The van der Waals surface area contributed by atoms with Crippen molar-refractivity contribution in [1.29, 1.82) is 0 Å². The maximum absolute atomic E-state index is 13.1. The maximum atomic E-state index is 13.1. The first-order valence-electron chi connectivity index (χ1n) is 10.8. The Balaban J connectivity index is 0.00000612. The normalized spacial score (nSPS) is 9.83. The second-order valence-corrected chi connectivity index (χ2v) is 7.44. The van der Waals surface area contributed by atoms with Gasteiger partial charge in [-0.25, -0.2) is 19.2 Å². The van der Waals surface area contributed by atoms with E-state index in [9.17, 15) is 34.2 Å². The number of hydrogen-bond donors (Lipinski definition) is 2. The predicted molar refractivity (Wildman–Crippen MR) is 135 cm³/mol. The number of carbonyl (C=O) groups is 5. The summed E-state index contributed by atoms with van der Waals surface area (Å²) < 4.78 is 10.2. The van der Waals surface area contributed by atoms with Gasteiger partial charge in [-0.05, 0) is 37.1 Å². The molecule has 0 radical (unpaired) electrons. The van der Waals surface area contributed by atoms with Crippen LogP contribution in [0.15, 0.2) is 36.4 Å². The molecule has 0 aromatic heterocycles. The molecule has 9 nitrogen and oxygen atoms in total. The third-order valence-electron chi connectivity index (χ3n) is 4.93. The molecule has 0 atom stereocenters. The molecule has 11 heteroatoms. The van der Waals surface area contributed by atoms with Crippen LogP contribution in [0.2, 0.25) is 0 Å². The summed E-state index contributed by atoms with van der Waals surface area (Å²) in [6, 6.07) is 6.95. The van der Waals surface area contributed by atoms with Gasteiger partial charge in [0.25, 0.3) is 0 Å². The minimum absolute atomic E-state index is 0. The summed E-state index contributed by atoms with van der Waals surface area (Å²) in [5.41, 5.74) is -1.26. The van der Waals surface area contributed by atoms with Gasteiger partial charge in [0.05, 0.1) is 35.5 Å². The molecule has 0 aliphatic rings. The van der Waals surface area contributed by atoms with Gasteiger partial charge in [0, 0.05) is 11.1 Å². The molecule has 2 aromatic rings. The Morgan fingerprint density at radius 1 is 0.639 bits per heavy atom. The summed E-state index contributed by atoms with van der Waals surface area (Å²) in [6.07, 6.45) is 2.74. The van der Waals surface area contributed by atoms with Crippen molar-refractivity contribution >= 4 is 54.5 Å². The zero-order valence-corrected chi connectivity index (χ0v) is 21.4. The molecule has 0 amide bonds. The van der Waals surface area contributed by atoms with Crippen molar-refractivity contribution in [2.45, 2.75) is 39.5 Å². The predicted octanol–water partition coefficient (Wildman–Crippen LogP) is 5.07. The molecule has 0 heterocycles. The quantitative estimate of drug-likeness (QED) is 0.213. The van der Waals surface area contributed by atoms with Gasteiger partial charge in [-0.15, -0.1) is 24.8 Å². The minimum Gasteiger partial charge on any atom is -0.478 e. The van der Waals surface area contributed by atoms with Gasteiger partial charge in [0.1, 0.15) is 0 Å². The number of hydrogen-bond acceptors (Lipinski definition) is 7. The van der Waals surface area contributed by atoms with Gasteiger partial charge in [-0.2, -0.15) is 0 Å². The van der Waals surface area contributed by atoms with Crippen LogP contribution in [-0.2, 0) is 9.47 Å². The lowest BCUT2D eigenvalue weighted by Crippen LogP contribution is -2.16. The van der Waals surface area contributed by atoms with Crippen LogP contribution in [0.5, 0.6) is 0 Å². The maximum Gasteiger partial charge on any atom is 0.339 e. The molecule has 0 spiro atoms. The molecule has 0 aliphatic carbocycles. The van der Waals surface area contributed by atoms with E-state index < -0.39 is 29.7 Å². The van der Waals surface area contributed by atoms with Crippen molar-refractivity contribution in [1.82, 2.24) is 0 Å². The Morgan fingerprint density at radius 2 is 1.00 bits per heavy atom. The minimum atomic E-state index is -1.36. The summed E-state index contributed by atoms with van der Waals surface area (Å²) in [6.45, 7) is 4.01. The number of esters is 2. The van der Waals surface area contributed by atoms with Gasteiger partial charge in [-0.1, -0.05) is 38.8 Å². The Bertz CT molecular complexity index is 1030. The monoisotopic (exact) mass is 542 g/mol. The van der Waals surface area contributed by atoms with Crippen LogP contribution in [0.25, 0.3) is 0 Å². The van der Waals surface area contributed by atoms with E-state index in [1.54, 1.807) is 0 Å². The van der Waals surface area contributed by atoms with Crippen molar-refractivity contribution in [2.75, 3.05) is 13.2 Å². The van der Waals surface area contributed by atoms with Crippen LogP contribution in [0, 0.1) is 0 Å². The van der Waals surface area contributed by atoms with E-state index in [-0.39, 0.29) is 71.4 Å². The number of ether oxygens (including phenoxy) is 2. The van der Waals surface area contributed by atoms with Gasteiger partial charge in [0.15, 0.2) is 5.78 Å². The molecule has 196 valence electrons. The average molecular weight is 543 g/mol. The summed E-state index contributed by atoms with van der Waals surface area (Å²) in [5, 5.41) is 18.8. The largest absolute Gasteiger partial charge is 0.478 e. The van der Waals surface area contributed by atoms with Gasteiger partial charge >= 0.3 is 23.9 Å². The number of benzene rings is 2. The first kappa shape index (κ1) is 32.6. The SMILES string of the molecule is CCCCOC(=O)c1cc(C(=O)c2ccc(C(=O)O)c(C(=O)OCCCC)c2)ccc1C(=O)O.Cl.Cl. The number of carboxylic acid groups (broad SMARTS) is 2. The third kappa shape index (κ3) is 8.35. The molecule has 0 aliphatic heterocycles. The number of aromatic carboxylic acids is 2. The standard InChI is InChI=1S/C25H26O9.2ClH/c1-3-5-11-33-24(31)19-13-15(7-9-17(19)22(27)28)21(26)16-8-10-18(23(29)30)20(14-16)25(32)34-12-6-4-2;;/h7-10,13-14H,3-6,11-12H2,1-2H3,(H,27,28)(H,29,30);2*1H. The zero-order valence-electron chi connectivity index (χ0n) is 19.8. The second kappa shape index (κ2) is 15.5. The Hall–Kier alpha value is -3.43. The summed E-state index contributed by atoms with van der Waals surface area (Å²) in [4.78, 5) is 61.0. The van der Waals surface area contributed by atoms with Crippen LogP contribution in [0.3, 0.4) is 0 Å². The van der Waals surface area contributed by atoms with Crippen molar-refractivity contribution < 1.29 is 43.7 Å². The fourth-order valence-corrected chi connectivity index (χ4v) is 3.02. The molecule has 2 rings (SSSR count). The van der Waals surface area contributed by atoms with E-state index in [1.807, 2.05) is 13.8 Å². The highest BCUT2D eigenvalue weighted by molar-refractivity contribution is 6.13. The number of rotatable bonds is 12. The summed E-state index contributed by atoms with van der Waals surface area (Å²) >= 11 is 0. The van der Waals surface area contributed by atoms with E-state index >= 15 is 0 Å². The van der Waals surface area contributed by atoms with Gasteiger partial charge in [0.2, 0.25) is 0 Å². The number of halogens is 2. The molecular weight excluding hydrogens is 515 g/mol. The Kier molecular flexibility index (Phi) is 14.1. The molecule has 36 heavy (non-hydrogen) atoms. The molecule has 0 saturated carbocycles. The van der Waals surface area contributed by atoms with E-state index in [0.717, 1.165) is 37.1 Å². The topological polar surface area (TPSA) is 144 Å². The molecule has 0 fully saturated rings.